The second-order valence-corrected chi connectivity index (χ2v) is 11.6. The summed E-state index contributed by atoms with van der Waals surface area (Å²) in [5.41, 5.74) is 24.7. The van der Waals surface area contributed by atoms with Crippen LogP contribution in [0.4, 0.5) is 9.18 Å². The summed E-state index contributed by atoms with van der Waals surface area (Å²) in [6.45, 7) is 0.223. The van der Waals surface area contributed by atoms with Crippen LogP contribution in [0.15, 0.2) is 66.0 Å². The number of nitrogens with zero attached hydrogens (tertiary/aromatic N) is 3. The van der Waals surface area contributed by atoms with E-state index in [1.54, 1.807) is 0 Å². The second kappa shape index (κ2) is 16.7. The highest BCUT2D eigenvalue weighted by molar-refractivity contribution is 5.95. The topological polar surface area (TPSA) is 270 Å². The highest BCUT2D eigenvalue weighted by Gasteiger charge is 2.38. The average Bonchev–Trinajstić information content (AvgIpc) is 3.58. The molecule has 4 atom stereocenters. The molecule has 260 valence electrons. The Morgan fingerprint density at radius 3 is 2.16 bits per heavy atom. The van der Waals surface area contributed by atoms with Crippen molar-refractivity contribution < 1.29 is 28.4 Å². The Hall–Kier alpha value is -6.00. The lowest BCUT2D eigenvalue weighted by Crippen LogP contribution is -2.60. The molecule has 49 heavy (non-hydrogen) atoms. The standard InChI is InChI=1S/C32H40FN11O5/c33-21-9-7-18(8-10-21)12-24(42-29(47)25(43-32(37)49)14-22-15-38-17-40-22)28(46)41-23(6-3-11-39-31(35)36)30(48)44-16-20-5-2-1-4-19(20)13-26(44)27(34)45/h1-2,4-5,7-10,15,17,23-26H,3,6,11-14,16H2,(H2,34,45)(H,38,40)(H,41,46)(H,42,47)(H4,35,36,39)(H3,37,43,49)/t23-,24+,25-,26-/m0/s1. The number of guanidine groups is 1. The van der Waals surface area contributed by atoms with E-state index in [-0.39, 0.29) is 51.2 Å². The molecule has 0 unspecified atom stereocenters. The molecule has 4 rings (SSSR count). The molecular formula is C32H40FN11O5. The SMILES string of the molecule is NC(=O)N[C@@H](Cc1cnc[nH]1)C(=O)N[C@H](Cc1ccc(F)cc1)C(=O)N[C@@H](CCCN=C(N)N)C(=O)N1Cc2ccccc2C[C@H]1C(N)=O. The van der Waals surface area contributed by atoms with E-state index in [1.165, 1.54) is 41.7 Å². The van der Waals surface area contributed by atoms with Gasteiger partial charge in [-0.25, -0.2) is 14.2 Å². The van der Waals surface area contributed by atoms with Gasteiger partial charge < -0.3 is 48.8 Å². The Balaban J connectivity index is 1.62. The van der Waals surface area contributed by atoms with Crippen molar-refractivity contribution in [1.82, 2.24) is 30.8 Å². The number of hydrogen-bond donors (Lipinski definition) is 8. The average molecular weight is 678 g/mol. The van der Waals surface area contributed by atoms with Crippen molar-refractivity contribution in [3.05, 3.63) is 89.3 Å². The predicted octanol–water partition coefficient (Wildman–Crippen LogP) is -1.17. The molecule has 0 saturated heterocycles. The van der Waals surface area contributed by atoms with Crippen LogP contribution >= 0.6 is 0 Å². The number of aromatic nitrogens is 2. The molecule has 0 radical (unpaired) electrons. The van der Waals surface area contributed by atoms with Crippen molar-refractivity contribution in [2.24, 2.45) is 27.9 Å². The van der Waals surface area contributed by atoms with Gasteiger partial charge in [-0.05, 0) is 41.7 Å². The zero-order valence-electron chi connectivity index (χ0n) is 26.6. The number of fused-ring (bicyclic) bond motifs is 1. The van der Waals surface area contributed by atoms with Gasteiger partial charge in [0.15, 0.2) is 5.96 Å². The maximum atomic E-state index is 14.2. The number of carbonyl (C=O) groups excluding carboxylic acids is 5. The summed E-state index contributed by atoms with van der Waals surface area (Å²) >= 11 is 0. The Morgan fingerprint density at radius 1 is 0.898 bits per heavy atom. The van der Waals surface area contributed by atoms with Crippen molar-refractivity contribution in [1.29, 1.82) is 0 Å². The van der Waals surface area contributed by atoms with Crippen LogP contribution in [-0.2, 0) is 45.0 Å². The van der Waals surface area contributed by atoms with Crippen molar-refractivity contribution in [3.8, 4) is 0 Å². The lowest BCUT2D eigenvalue weighted by Gasteiger charge is -2.37. The maximum Gasteiger partial charge on any atom is 0.312 e. The fourth-order valence-corrected chi connectivity index (χ4v) is 5.58. The molecule has 0 bridgehead atoms. The molecule has 12 N–H and O–H groups in total. The normalized spacial score (nSPS) is 15.5. The monoisotopic (exact) mass is 677 g/mol. The number of amides is 6. The van der Waals surface area contributed by atoms with Crippen LogP contribution in [0.5, 0.6) is 0 Å². The van der Waals surface area contributed by atoms with Crippen molar-refractivity contribution in [2.45, 2.75) is 62.8 Å². The molecule has 0 saturated carbocycles. The van der Waals surface area contributed by atoms with Crippen LogP contribution in [0.1, 0.15) is 35.2 Å². The van der Waals surface area contributed by atoms with Gasteiger partial charge in [0.05, 0.1) is 6.33 Å². The molecule has 2 aromatic carbocycles. The summed E-state index contributed by atoms with van der Waals surface area (Å²) in [6.07, 6.45) is 3.24. The minimum absolute atomic E-state index is 0.0312. The second-order valence-electron chi connectivity index (χ2n) is 11.6. The minimum Gasteiger partial charge on any atom is -0.370 e. The number of imidazole rings is 1. The number of nitrogens with one attached hydrogen (secondary N) is 4. The molecule has 1 aliphatic heterocycles. The Kier molecular flexibility index (Phi) is 12.2. The molecule has 3 aromatic rings. The molecule has 2 heterocycles. The van der Waals surface area contributed by atoms with Gasteiger partial charge >= 0.3 is 6.03 Å². The fraction of sp³-hybridized carbons (Fsp3) is 0.344. The van der Waals surface area contributed by atoms with E-state index in [0.29, 0.717) is 11.3 Å². The third-order valence-electron chi connectivity index (χ3n) is 8.02. The highest BCUT2D eigenvalue weighted by Crippen LogP contribution is 2.24. The maximum absolute atomic E-state index is 14.2. The predicted molar refractivity (Wildman–Crippen MR) is 176 cm³/mol. The summed E-state index contributed by atoms with van der Waals surface area (Å²) in [7, 11) is 0. The number of rotatable bonds is 15. The summed E-state index contributed by atoms with van der Waals surface area (Å²) < 4.78 is 13.7. The highest BCUT2D eigenvalue weighted by atomic mass is 19.1. The summed E-state index contributed by atoms with van der Waals surface area (Å²) in [5.74, 6) is -3.45. The zero-order chi connectivity index (χ0) is 35.5. The van der Waals surface area contributed by atoms with E-state index in [2.05, 4.69) is 30.9 Å². The van der Waals surface area contributed by atoms with Crippen LogP contribution < -0.4 is 38.9 Å². The van der Waals surface area contributed by atoms with Gasteiger partial charge in [-0.15, -0.1) is 0 Å². The van der Waals surface area contributed by atoms with Gasteiger partial charge in [-0.1, -0.05) is 36.4 Å². The molecule has 0 fully saturated rings. The van der Waals surface area contributed by atoms with Crippen molar-refractivity contribution in [2.75, 3.05) is 6.54 Å². The van der Waals surface area contributed by atoms with Crippen LogP contribution in [-0.4, -0.2) is 81.2 Å². The quantitative estimate of drug-likeness (QED) is 0.0550. The third-order valence-corrected chi connectivity index (χ3v) is 8.02. The van der Waals surface area contributed by atoms with Gasteiger partial charge in [0.2, 0.25) is 23.6 Å². The molecule has 16 nitrogen and oxygen atoms in total. The molecule has 1 aliphatic rings. The van der Waals surface area contributed by atoms with Gasteiger partial charge in [0.1, 0.15) is 30.0 Å². The largest absolute Gasteiger partial charge is 0.370 e. The molecule has 0 spiro atoms. The smallest absolute Gasteiger partial charge is 0.312 e. The first kappa shape index (κ1) is 35.8. The first-order chi connectivity index (χ1) is 23.4. The summed E-state index contributed by atoms with van der Waals surface area (Å²) in [6, 6.07) is 7.00. The Labute approximate surface area is 281 Å². The molecule has 6 amide bonds. The Bertz CT molecular complexity index is 1660. The Morgan fingerprint density at radius 2 is 1.55 bits per heavy atom. The molecule has 0 aliphatic carbocycles. The number of aliphatic imine (C=N–C) groups is 1. The fourth-order valence-electron chi connectivity index (χ4n) is 5.58. The van der Waals surface area contributed by atoms with Crippen molar-refractivity contribution >= 4 is 35.6 Å². The number of aromatic amines is 1. The van der Waals surface area contributed by atoms with Gasteiger partial charge in [-0.3, -0.25) is 24.2 Å². The lowest BCUT2D eigenvalue weighted by atomic mass is 9.92. The van der Waals surface area contributed by atoms with Gasteiger partial charge in [0.25, 0.3) is 0 Å². The number of carbonyl (C=O) groups is 5. The summed E-state index contributed by atoms with van der Waals surface area (Å²) in [4.78, 5) is 78.0. The number of benzene rings is 2. The van der Waals surface area contributed by atoms with Crippen LogP contribution in [0.3, 0.4) is 0 Å². The molecule has 17 heteroatoms. The first-order valence-electron chi connectivity index (χ1n) is 15.5. The van der Waals surface area contributed by atoms with E-state index >= 15 is 0 Å². The van der Waals surface area contributed by atoms with E-state index < -0.39 is 59.6 Å². The van der Waals surface area contributed by atoms with Gasteiger partial charge in [0, 0.05) is 44.2 Å². The molecule has 1 aromatic heterocycles. The third kappa shape index (κ3) is 10.2. The van der Waals surface area contributed by atoms with Crippen LogP contribution in [0, 0.1) is 5.82 Å². The minimum atomic E-state index is -1.31. The first-order valence-corrected chi connectivity index (χ1v) is 15.5. The summed E-state index contributed by atoms with van der Waals surface area (Å²) in [5, 5.41) is 7.74. The lowest BCUT2D eigenvalue weighted by molar-refractivity contribution is -0.144. The number of halogens is 1. The van der Waals surface area contributed by atoms with Crippen LogP contribution in [0.2, 0.25) is 0 Å². The zero-order valence-corrected chi connectivity index (χ0v) is 26.6. The van der Waals surface area contributed by atoms with Gasteiger partial charge in [-0.2, -0.15) is 0 Å². The van der Waals surface area contributed by atoms with E-state index in [1.807, 2.05) is 24.3 Å². The number of hydrogen-bond acceptors (Lipinski definition) is 7. The van der Waals surface area contributed by atoms with E-state index in [4.69, 9.17) is 22.9 Å². The number of H-pyrrole nitrogens is 1. The number of urea groups is 1. The van der Waals surface area contributed by atoms with Crippen LogP contribution in [0.25, 0.3) is 0 Å². The molecular weight excluding hydrogens is 637 g/mol. The number of nitrogens with two attached hydrogens (primary N) is 4. The van der Waals surface area contributed by atoms with E-state index in [9.17, 15) is 28.4 Å². The number of primary amides is 2. The van der Waals surface area contributed by atoms with E-state index in [0.717, 1.165) is 11.1 Å². The van der Waals surface area contributed by atoms with Crippen molar-refractivity contribution in [3.63, 3.8) is 0 Å².